The number of halogens is 2. The smallest absolute Gasteiger partial charge is 0.237 e. The van der Waals surface area contributed by atoms with Gasteiger partial charge in [0.05, 0.1) is 12.0 Å². The summed E-state index contributed by atoms with van der Waals surface area (Å²) in [6.45, 7) is 4.54. The summed E-state index contributed by atoms with van der Waals surface area (Å²) < 4.78 is 0. The largest absolute Gasteiger partial charge is 0.355 e. The van der Waals surface area contributed by atoms with E-state index in [2.05, 4.69) is 16.0 Å². The minimum absolute atomic E-state index is 0.0161. The predicted molar refractivity (Wildman–Crippen MR) is 129 cm³/mol. The summed E-state index contributed by atoms with van der Waals surface area (Å²) in [5.41, 5.74) is 0. The second kappa shape index (κ2) is 11.7. The highest BCUT2D eigenvalue weighted by molar-refractivity contribution is 6.23. The number of nitrogens with one attached hydrogen (secondary N) is 3. The molecular weight excluding hydrogens is 447 g/mol. The second-order valence-corrected chi connectivity index (χ2v) is 11.6. The highest BCUT2D eigenvalue weighted by atomic mass is 35.5. The van der Waals surface area contributed by atoms with Crippen LogP contribution in [-0.4, -0.2) is 72.3 Å². The first-order valence-corrected chi connectivity index (χ1v) is 13.7. The lowest BCUT2D eigenvalue weighted by molar-refractivity contribution is -0.137. The van der Waals surface area contributed by atoms with Gasteiger partial charge < -0.3 is 20.9 Å². The number of likely N-dealkylation sites (tertiary alicyclic amines) is 1. The molecule has 182 valence electrons. The zero-order chi connectivity index (χ0) is 22.5. The zero-order valence-electron chi connectivity index (χ0n) is 19.2. The van der Waals surface area contributed by atoms with E-state index >= 15 is 0 Å². The molecule has 0 aromatic heterocycles. The number of nitrogens with zero attached hydrogens (tertiary/aromatic N) is 1. The third kappa shape index (κ3) is 6.31. The highest BCUT2D eigenvalue weighted by Gasteiger charge is 2.38. The van der Waals surface area contributed by atoms with Gasteiger partial charge in [0.25, 0.3) is 0 Å². The Bertz CT molecular complexity index is 629. The van der Waals surface area contributed by atoms with Gasteiger partial charge >= 0.3 is 0 Å². The van der Waals surface area contributed by atoms with E-state index in [4.69, 9.17) is 23.2 Å². The van der Waals surface area contributed by atoms with Crippen molar-refractivity contribution in [3.05, 3.63) is 0 Å². The highest BCUT2D eigenvalue weighted by Crippen LogP contribution is 2.34. The van der Waals surface area contributed by atoms with Gasteiger partial charge in [-0.25, -0.2) is 0 Å². The molecule has 32 heavy (non-hydrogen) atoms. The van der Waals surface area contributed by atoms with Gasteiger partial charge in [0.15, 0.2) is 0 Å². The number of amides is 2. The summed E-state index contributed by atoms with van der Waals surface area (Å²) in [7, 11) is 0. The molecule has 4 aliphatic rings. The van der Waals surface area contributed by atoms with Crippen LogP contribution in [0.15, 0.2) is 0 Å². The van der Waals surface area contributed by atoms with Crippen molar-refractivity contribution in [2.75, 3.05) is 32.7 Å². The Hall–Kier alpha value is -0.560. The van der Waals surface area contributed by atoms with Crippen LogP contribution >= 0.6 is 23.2 Å². The maximum Gasteiger partial charge on any atom is 0.237 e. The molecule has 0 spiro atoms. The molecule has 3 heterocycles. The molecule has 3 aliphatic heterocycles. The van der Waals surface area contributed by atoms with Crippen LogP contribution in [0.1, 0.15) is 64.2 Å². The summed E-state index contributed by atoms with van der Waals surface area (Å²) in [6.07, 6.45) is 10.0. The number of hydrogen-bond donors (Lipinski definition) is 3. The van der Waals surface area contributed by atoms with E-state index in [-0.39, 0.29) is 34.5 Å². The molecule has 1 aliphatic carbocycles. The van der Waals surface area contributed by atoms with Gasteiger partial charge in [0.2, 0.25) is 11.8 Å². The number of hydrogen-bond acceptors (Lipinski definition) is 4. The number of alkyl halides is 2. The van der Waals surface area contributed by atoms with Crippen molar-refractivity contribution in [2.45, 2.75) is 87.0 Å². The monoisotopic (exact) mass is 486 g/mol. The minimum atomic E-state index is -0.109. The van der Waals surface area contributed by atoms with Crippen LogP contribution in [0.2, 0.25) is 0 Å². The van der Waals surface area contributed by atoms with E-state index in [1.165, 1.54) is 6.42 Å². The molecule has 3 N–H and O–H groups in total. The second-order valence-electron chi connectivity index (χ2n) is 10.4. The minimum Gasteiger partial charge on any atom is -0.355 e. The number of carbonyl (C=O) groups is 2. The van der Waals surface area contributed by atoms with Gasteiger partial charge in [-0.2, -0.15) is 0 Å². The summed E-state index contributed by atoms with van der Waals surface area (Å²) in [5, 5.41) is 10.1. The molecule has 0 radical (unpaired) electrons. The van der Waals surface area contributed by atoms with Crippen molar-refractivity contribution >= 4 is 35.0 Å². The molecule has 0 bridgehead atoms. The quantitative estimate of drug-likeness (QED) is 0.382. The first-order valence-electron chi connectivity index (χ1n) is 12.8. The fourth-order valence-electron chi connectivity index (χ4n) is 6.11. The van der Waals surface area contributed by atoms with Crippen molar-refractivity contribution in [1.82, 2.24) is 20.9 Å². The molecule has 0 aromatic carbocycles. The van der Waals surface area contributed by atoms with Crippen LogP contribution in [0.4, 0.5) is 0 Å². The Morgan fingerprint density at radius 1 is 1.00 bits per heavy atom. The average molecular weight is 488 g/mol. The van der Waals surface area contributed by atoms with Crippen LogP contribution in [-0.2, 0) is 9.59 Å². The summed E-state index contributed by atoms with van der Waals surface area (Å²) >= 11 is 12.7. The summed E-state index contributed by atoms with van der Waals surface area (Å²) in [6, 6.07) is 0.493. The van der Waals surface area contributed by atoms with Crippen molar-refractivity contribution in [1.29, 1.82) is 0 Å². The number of fused-ring (bicyclic) bond motifs is 1. The SMILES string of the molecule is O=C(NCCCCC1CCN(C(=O)C2CC(Cl)CCC2Cl)CC1)C1CC2CNCCC2N1. The molecule has 2 amide bonds. The molecule has 3 saturated heterocycles. The van der Waals surface area contributed by atoms with Crippen LogP contribution in [0.5, 0.6) is 0 Å². The summed E-state index contributed by atoms with van der Waals surface area (Å²) in [4.78, 5) is 27.4. The van der Waals surface area contributed by atoms with Crippen molar-refractivity contribution < 1.29 is 9.59 Å². The van der Waals surface area contributed by atoms with E-state index in [1.807, 2.05) is 4.90 Å². The van der Waals surface area contributed by atoms with Gasteiger partial charge in [-0.05, 0) is 76.3 Å². The van der Waals surface area contributed by atoms with E-state index in [1.54, 1.807) is 0 Å². The van der Waals surface area contributed by atoms with Crippen molar-refractivity contribution in [3.8, 4) is 0 Å². The molecule has 6 unspecified atom stereocenters. The fourth-order valence-corrected chi connectivity index (χ4v) is 6.76. The molecule has 6 atom stereocenters. The normalized spacial score (nSPS) is 36.0. The van der Waals surface area contributed by atoms with E-state index in [0.29, 0.717) is 17.9 Å². The molecule has 8 heteroatoms. The lowest BCUT2D eigenvalue weighted by Gasteiger charge is -2.37. The predicted octanol–water partition coefficient (Wildman–Crippen LogP) is 2.87. The third-order valence-corrected chi connectivity index (χ3v) is 9.08. The third-order valence-electron chi connectivity index (χ3n) is 8.16. The summed E-state index contributed by atoms with van der Waals surface area (Å²) in [5.74, 6) is 1.56. The van der Waals surface area contributed by atoms with Gasteiger partial charge in [-0.15, -0.1) is 23.2 Å². The Balaban J connectivity index is 1.07. The number of piperidine rings is 2. The lowest BCUT2D eigenvalue weighted by atomic mass is 9.85. The Labute approximate surface area is 202 Å². The van der Waals surface area contributed by atoms with E-state index in [0.717, 1.165) is 90.5 Å². The fraction of sp³-hybridized carbons (Fsp3) is 0.917. The van der Waals surface area contributed by atoms with Crippen LogP contribution < -0.4 is 16.0 Å². The van der Waals surface area contributed by atoms with Gasteiger partial charge in [-0.3, -0.25) is 9.59 Å². The van der Waals surface area contributed by atoms with E-state index in [9.17, 15) is 9.59 Å². The first kappa shape index (κ1) is 24.6. The topological polar surface area (TPSA) is 73.5 Å². The van der Waals surface area contributed by atoms with Crippen molar-refractivity contribution in [2.24, 2.45) is 17.8 Å². The molecule has 0 aromatic rings. The lowest BCUT2D eigenvalue weighted by Crippen LogP contribution is -2.46. The molecule has 6 nitrogen and oxygen atoms in total. The van der Waals surface area contributed by atoms with Gasteiger partial charge in [0, 0.05) is 36.4 Å². The van der Waals surface area contributed by atoms with E-state index < -0.39 is 0 Å². The molecular formula is C24H40Cl2N4O2. The maximum absolute atomic E-state index is 12.9. The van der Waals surface area contributed by atoms with Crippen LogP contribution in [0.3, 0.4) is 0 Å². The number of carbonyl (C=O) groups excluding carboxylic acids is 2. The Morgan fingerprint density at radius 2 is 1.81 bits per heavy atom. The number of rotatable bonds is 7. The van der Waals surface area contributed by atoms with Crippen LogP contribution in [0, 0.1) is 17.8 Å². The van der Waals surface area contributed by atoms with Crippen molar-refractivity contribution in [3.63, 3.8) is 0 Å². The molecule has 4 fully saturated rings. The Kier molecular flexibility index (Phi) is 9.00. The maximum atomic E-state index is 12.9. The van der Waals surface area contributed by atoms with Crippen LogP contribution in [0.25, 0.3) is 0 Å². The zero-order valence-corrected chi connectivity index (χ0v) is 20.7. The first-order chi connectivity index (χ1) is 15.5. The number of unbranched alkanes of at least 4 members (excludes halogenated alkanes) is 1. The standard InChI is InChI=1S/C24H40Cl2N4O2/c25-18-4-5-20(26)19(14-18)24(32)30-11-7-16(8-12-30)3-1-2-9-28-23(31)22-13-17-15-27-10-6-21(17)29-22/h16-22,27,29H,1-15H2,(H,28,31). The van der Waals surface area contributed by atoms with Gasteiger partial charge in [0.1, 0.15) is 0 Å². The Morgan fingerprint density at radius 3 is 2.59 bits per heavy atom. The molecule has 1 saturated carbocycles. The van der Waals surface area contributed by atoms with Gasteiger partial charge in [-0.1, -0.05) is 12.8 Å². The molecule has 4 rings (SSSR count). The average Bonchev–Trinajstić information content (AvgIpc) is 3.25.